The van der Waals surface area contributed by atoms with Crippen LogP contribution in [0.25, 0.3) is 44.3 Å². The van der Waals surface area contributed by atoms with Crippen LogP contribution in [0.2, 0.25) is 0 Å². The molecule has 172 valence electrons. The first-order valence-corrected chi connectivity index (χ1v) is 13.1. The van der Waals surface area contributed by atoms with Gasteiger partial charge in [-0.3, -0.25) is 0 Å². The van der Waals surface area contributed by atoms with Crippen molar-refractivity contribution in [3.63, 3.8) is 0 Å². The summed E-state index contributed by atoms with van der Waals surface area (Å²) in [5, 5.41) is 2.21. The summed E-state index contributed by atoms with van der Waals surface area (Å²) in [7, 11) is 0. The molecular formula is C33H24N2S. The molecule has 2 nitrogen and oxygen atoms in total. The fourth-order valence-electron chi connectivity index (χ4n) is 5.36. The number of benzene rings is 4. The average Bonchev–Trinajstić information content (AvgIpc) is 2.93. The maximum Gasteiger partial charge on any atom is 0.0972 e. The Morgan fingerprint density at radius 3 is 1.94 bits per heavy atom. The monoisotopic (exact) mass is 480 g/mol. The third-order valence-electron chi connectivity index (χ3n) is 7.33. The van der Waals surface area contributed by atoms with Crippen molar-refractivity contribution in [1.82, 2.24) is 9.97 Å². The number of nitrogens with zero attached hydrogens (tertiary/aromatic N) is 2. The molecule has 3 heteroatoms. The van der Waals surface area contributed by atoms with Gasteiger partial charge in [-0.1, -0.05) is 117 Å². The van der Waals surface area contributed by atoms with E-state index >= 15 is 0 Å². The summed E-state index contributed by atoms with van der Waals surface area (Å²) in [4.78, 5) is 12.9. The number of rotatable bonds is 2. The average molecular weight is 481 g/mol. The Bertz CT molecular complexity index is 1790. The van der Waals surface area contributed by atoms with Gasteiger partial charge in [-0.15, -0.1) is 0 Å². The molecule has 1 aliphatic heterocycles. The van der Waals surface area contributed by atoms with E-state index in [0.717, 1.165) is 38.8 Å². The summed E-state index contributed by atoms with van der Waals surface area (Å²) in [6.45, 7) is 4.65. The van der Waals surface area contributed by atoms with Gasteiger partial charge in [0.05, 0.1) is 22.4 Å². The molecule has 0 bridgehead atoms. The molecule has 0 saturated carbocycles. The van der Waals surface area contributed by atoms with E-state index < -0.39 is 0 Å². The van der Waals surface area contributed by atoms with Gasteiger partial charge in [0.15, 0.2) is 0 Å². The Kier molecular flexibility index (Phi) is 4.77. The van der Waals surface area contributed by atoms with Crippen molar-refractivity contribution in [2.75, 3.05) is 0 Å². The predicted octanol–water partition coefficient (Wildman–Crippen LogP) is 8.91. The van der Waals surface area contributed by atoms with E-state index in [4.69, 9.17) is 9.97 Å². The van der Waals surface area contributed by atoms with E-state index in [0.29, 0.717) is 0 Å². The molecule has 1 aliphatic rings. The summed E-state index contributed by atoms with van der Waals surface area (Å²) >= 11 is 1.86. The minimum absolute atomic E-state index is 0.0666. The molecule has 0 spiro atoms. The highest BCUT2D eigenvalue weighted by Crippen LogP contribution is 2.51. The van der Waals surface area contributed by atoms with E-state index in [1.165, 1.54) is 26.5 Å². The highest BCUT2D eigenvalue weighted by molar-refractivity contribution is 7.99. The minimum Gasteiger partial charge on any atom is -0.245 e. The van der Waals surface area contributed by atoms with Gasteiger partial charge >= 0.3 is 0 Å². The molecule has 3 heterocycles. The molecular weight excluding hydrogens is 456 g/mol. The molecule has 0 fully saturated rings. The quantitative estimate of drug-likeness (QED) is 0.231. The minimum atomic E-state index is -0.0666. The van der Waals surface area contributed by atoms with Crippen molar-refractivity contribution in [2.24, 2.45) is 0 Å². The van der Waals surface area contributed by atoms with Crippen LogP contribution < -0.4 is 0 Å². The van der Waals surface area contributed by atoms with Crippen molar-refractivity contribution >= 4 is 33.6 Å². The number of aromatic nitrogens is 2. The number of fused-ring (bicyclic) bond motifs is 5. The van der Waals surface area contributed by atoms with E-state index in [1.54, 1.807) is 0 Å². The normalized spacial score (nSPS) is 13.9. The SMILES string of the molecule is CC1(C)c2ccccc2Sc2c(-c3ccc4ccc5ccc(-c6ccccc6)nc5c4n3)cccc21. The molecule has 7 rings (SSSR count). The summed E-state index contributed by atoms with van der Waals surface area (Å²) < 4.78 is 0. The van der Waals surface area contributed by atoms with Gasteiger partial charge in [0, 0.05) is 37.1 Å². The van der Waals surface area contributed by atoms with Crippen molar-refractivity contribution in [1.29, 1.82) is 0 Å². The molecule has 0 unspecified atom stereocenters. The van der Waals surface area contributed by atoms with Gasteiger partial charge in [0.25, 0.3) is 0 Å². The number of hydrogen-bond acceptors (Lipinski definition) is 3. The van der Waals surface area contributed by atoms with Crippen LogP contribution in [0.3, 0.4) is 0 Å². The second-order valence-electron chi connectivity index (χ2n) is 9.87. The summed E-state index contributed by atoms with van der Waals surface area (Å²) in [5.41, 5.74) is 8.81. The molecule has 6 aromatic rings. The van der Waals surface area contributed by atoms with Crippen molar-refractivity contribution in [2.45, 2.75) is 29.1 Å². The summed E-state index contributed by atoms with van der Waals surface area (Å²) in [6, 6.07) is 38.6. The lowest BCUT2D eigenvalue weighted by Gasteiger charge is -2.35. The smallest absolute Gasteiger partial charge is 0.0972 e. The van der Waals surface area contributed by atoms with E-state index in [-0.39, 0.29) is 5.41 Å². The number of pyridine rings is 2. The molecule has 0 amide bonds. The predicted molar refractivity (Wildman–Crippen MR) is 151 cm³/mol. The van der Waals surface area contributed by atoms with Gasteiger partial charge in [-0.25, -0.2) is 9.97 Å². The fourth-order valence-corrected chi connectivity index (χ4v) is 6.87. The van der Waals surface area contributed by atoms with Crippen LogP contribution in [-0.2, 0) is 5.41 Å². The Hall–Kier alpha value is -3.95. The molecule has 4 aromatic carbocycles. The highest BCUT2D eigenvalue weighted by Gasteiger charge is 2.34. The Morgan fingerprint density at radius 1 is 0.556 bits per heavy atom. The first kappa shape index (κ1) is 21.3. The summed E-state index contributed by atoms with van der Waals surface area (Å²) in [5.74, 6) is 0. The van der Waals surface area contributed by atoms with E-state index in [9.17, 15) is 0 Å². The van der Waals surface area contributed by atoms with Gasteiger partial charge in [-0.2, -0.15) is 0 Å². The molecule has 0 saturated heterocycles. The molecule has 0 atom stereocenters. The lowest BCUT2D eigenvalue weighted by Crippen LogP contribution is -2.23. The molecule has 2 aromatic heterocycles. The zero-order valence-corrected chi connectivity index (χ0v) is 21.0. The largest absolute Gasteiger partial charge is 0.245 e. The molecule has 36 heavy (non-hydrogen) atoms. The summed E-state index contributed by atoms with van der Waals surface area (Å²) in [6.07, 6.45) is 0. The first-order chi connectivity index (χ1) is 17.6. The fraction of sp³-hybridized carbons (Fsp3) is 0.0909. The Labute approximate surface area is 215 Å². The lowest BCUT2D eigenvalue weighted by atomic mass is 9.77. The molecule has 0 N–H and O–H groups in total. The molecule has 0 aliphatic carbocycles. The molecule has 0 radical (unpaired) electrons. The topological polar surface area (TPSA) is 25.8 Å². The van der Waals surface area contributed by atoms with Crippen molar-refractivity contribution < 1.29 is 0 Å². The second-order valence-corrected chi connectivity index (χ2v) is 10.9. The van der Waals surface area contributed by atoms with Crippen LogP contribution in [0.4, 0.5) is 0 Å². The third-order valence-corrected chi connectivity index (χ3v) is 8.55. The van der Waals surface area contributed by atoms with Crippen LogP contribution in [0.15, 0.2) is 119 Å². The van der Waals surface area contributed by atoms with Crippen LogP contribution in [0.1, 0.15) is 25.0 Å². The Morgan fingerprint density at radius 2 is 1.17 bits per heavy atom. The van der Waals surface area contributed by atoms with Crippen molar-refractivity contribution in [3.05, 3.63) is 120 Å². The zero-order valence-electron chi connectivity index (χ0n) is 20.2. The van der Waals surface area contributed by atoms with Crippen LogP contribution >= 0.6 is 11.8 Å². The standard InChI is InChI=1S/C33H24N2S/c1-33(2)25-12-6-7-14-29(25)36-32-24(11-8-13-26(32)33)28-20-18-23-16-15-22-17-19-27(21-9-4-3-5-10-21)34-30(22)31(23)35-28/h3-20H,1-2H3. The zero-order chi connectivity index (χ0) is 24.3. The van der Waals surface area contributed by atoms with E-state index in [2.05, 4.69) is 117 Å². The van der Waals surface area contributed by atoms with Crippen molar-refractivity contribution in [3.8, 4) is 22.5 Å². The Balaban J connectivity index is 1.43. The van der Waals surface area contributed by atoms with Crippen LogP contribution in [0.5, 0.6) is 0 Å². The van der Waals surface area contributed by atoms with Gasteiger partial charge in [0.1, 0.15) is 0 Å². The van der Waals surface area contributed by atoms with Gasteiger partial charge in [-0.05, 0) is 29.3 Å². The van der Waals surface area contributed by atoms with Gasteiger partial charge in [0.2, 0.25) is 0 Å². The van der Waals surface area contributed by atoms with Gasteiger partial charge < -0.3 is 0 Å². The maximum absolute atomic E-state index is 5.24. The third kappa shape index (κ3) is 3.27. The second kappa shape index (κ2) is 8.04. The lowest BCUT2D eigenvalue weighted by molar-refractivity contribution is 0.608. The maximum atomic E-state index is 5.24. The highest BCUT2D eigenvalue weighted by atomic mass is 32.2. The number of hydrogen-bond donors (Lipinski definition) is 0. The van der Waals surface area contributed by atoms with Crippen LogP contribution in [0, 0.1) is 0 Å². The van der Waals surface area contributed by atoms with E-state index in [1.807, 2.05) is 17.8 Å². The van der Waals surface area contributed by atoms with Crippen LogP contribution in [-0.4, -0.2) is 9.97 Å². The first-order valence-electron chi connectivity index (χ1n) is 12.3.